The minimum Gasteiger partial charge on any atom is -0.479 e. The van der Waals surface area contributed by atoms with Gasteiger partial charge >= 0.3 is 11.9 Å². The maximum atomic E-state index is 12.2. The molecule has 34 heavy (non-hydrogen) atoms. The van der Waals surface area contributed by atoms with Crippen molar-refractivity contribution in [3.05, 3.63) is 58.7 Å². The minimum atomic E-state index is -1.85. The van der Waals surface area contributed by atoms with E-state index >= 15 is 0 Å². The number of rotatable bonds is 7. The van der Waals surface area contributed by atoms with Crippen LogP contribution in [0, 0.1) is 5.41 Å². The van der Waals surface area contributed by atoms with Gasteiger partial charge in [-0.05, 0) is 56.6 Å². The van der Waals surface area contributed by atoms with Gasteiger partial charge in [0.15, 0.2) is 6.10 Å². The first-order valence-corrected chi connectivity index (χ1v) is 11.4. The summed E-state index contributed by atoms with van der Waals surface area (Å²) < 4.78 is 9.88. The SMILES string of the molecule is CC1=C(\C=C/C(C)=C/C=C/C(C)=C/C(=O)O[C@@H]2O[C@H](C(=O)O)[C@@H](O)[C@H](O)[C@H]2O)C(C)(C)CCC1. The standard InChI is InChI=1S/C26H36O8/c1-15(11-12-18-17(3)10-7-13-26(18,4)5)8-6-9-16(2)14-19(27)33-25-22(30)20(28)21(29)23(34-25)24(31)32/h6,8-9,11-12,14,20-23,25,28-30H,7,10,13H2,1-5H3,(H,31,32)/b9-6+,12-11-,15-8+,16-14+/t20-,21-,22+,23-,25+/m0/s1. The smallest absolute Gasteiger partial charge is 0.335 e. The van der Waals surface area contributed by atoms with E-state index in [9.17, 15) is 24.9 Å². The highest BCUT2D eigenvalue weighted by atomic mass is 16.7. The third-order valence-electron chi connectivity index (χ3n) is 6.16. The van der Waals surface area contributed by atoms with Crippen molar-refractivity contribution in [1.82, 2.24) is 0 Å². The van der Waals surface area contributed by atoms with E-state index in [1.807, 2.05) is 13.0 Å². The molecule has 0 bridgehead atoms. The molecule has 0 unspecified atom stereocenters. The minimum absolute atomic E-state index is 0.170. The monoisotopic (exact) mass is 476 g/mol. The van der Waals surface area contributed by atoms with Crippen molar-refractivity contribution in [2.24, 2.45) is 5.41 Å². The Balaban J connectivity index is 1.98. The molecule has 5 atom stereocenters. The third kappa shape index (κ3) is 7.24. The number of carbonyl (C=O) groups is 2. The van der Waals surface area contributed by atoms with Crippen molar-refractivity contribution >= 4 is 11.9 Å². The number of aliphatic hydroxyl groups excluding tert-OH is 3. The zero-order valence-corrected chi connectivity index (χ0v) is 20.4. The van der Waals surface area contributed by atoms with Crippen LogP contribution in [-0.2, 0) is 19.1 Å². The van der Waals surface area contributed by atoms with Gasteiger partial charge in [0, 0.05) is 6.08 Å². The molecular formula is C26H36O8. The van der Waals surface area contributed by atoms with E-state index in [0.29, 0.717) is 5.57 Å². The fraction of sp³-hybridized carbons (Fsp3) is 0.538. The molecule has 0 aromatic rings. The second-order valence-electron chi connectivity index (χ2n) is 9.59. The maximum Gasteiger partial charge on any atom is 0.335 e. The molecular weight excluding hydrogens is 440 g/mol. The number of aliphatic carboxylic acids is 1. The molecule has 8 nitrogen and oxygen atoms in total. The quantitative estimate of drug-likeness (QED) is 0.250. The molecule has 0 saturated carbocycles. The van der Waals surface area contributed by atoms with Gasteiger partial charge in [-0.3, -0.25) is 0 Å². The van der Waals surface area contributed by atoms with E-state index in [1.165, 1.54) is 24.0 Å². The topological polar surface area (TPSA) is 134 Å². The summed E-state index contributed by atoms with van der Waals surface area (Å²) >= 11 is 0. The molecule has 0 aromatic carbocycles. The molecule has 0 amide bonds. The number of carboxylic acids is 1. The van der Waals surface area contributed by atoms with Gasteiger partial charge in [0.05, 0.1) is 0 Å². The average Bonchev–Trinajstić information content (AvgIpc) is 2.73. The molecule has 1 aliphatic heterocycles. The van der Waals surface area contributed by atoms with Crippen LogP contribution >= 0.6 is 0 Å². The van der Waals surface area contributed by atoms with Gasteiger partial charge in [-0.2, -0.15) is 0 Å². The van der Waals surface area contributed by atoms with Crippen LogP contribution in [0.5, 0.6) is 0 Å². The largest absolute Gasteiger partial charge is 0.479 e. The van der Waals surface area contributed by atoms with Gasteiger partial charge in [-0.1, -0.05) is 55.4 Å². The molecule has 1 saturated heterocycles. The number of carbonyl (C=O) groups excluding carboxylic acids is 1. The highest BCUT2D eigenvalue weighted by Crippen LogP contribution is 2.40. The summed E-state index contributed by atoms with van der Waals surface area (Å²) in [5, 5.41) is 38.5. The van der Waals surface area contributed by atoms with E-state index in [4.69, 9.17) is 14.6 Å². The lowest BCUT2D eigenvalue weighted by Crippen LogP contribution is -2.60. The third-order valence-corrected chi connectivity index (χ3v) is 6.16. The fourth-order valence-electron chi connectivity index (χ4n) is 4.16. The Hall–Kier alpha value is -2.52. The van der Waals surface area contributed by atoms with E-state index in [0.717, 1.165) is 18.1 Å². The van der Waals surface area contributed by atoms with Crippen molar-refractivity contribution in [2.75, 3.05) is 0 Å². The molecule has 4 N–H and O–H groups in total. The van der Waals surface area contributed by atoms with E-state index in [-0.39, 0.29) is 5.41 Å². The Kier molecular flexibility index (Phi) is 9.58. The zero-order valence-electron chi connectivity index (χ0n) is 20.4. The fourth-order valence-corrected chi connectivity index (χ4v) is 4.16. The van der Waals surface area contributed by atoms with Gasteiger partial charge in [0.1, 0.15) is 18.3 Å². The summed E-state index contributed by atoms with van der Waals surface area (Å²) in [5.74, 6) is -2.44. The lowest BCUT2D eigenvalue weighted by atomic mass is 9.72. The molecule has 0 spiro atoms. The number of aliphatic hydroxyl groups is 3. The molecule has 0 radical (unpaired) electrons. The van der Waals surface area contributed by atoms with Gasteiger partial charge in [-0.15, -0.1) is 0 Å². The number of carboxylic acid groups (broad SMARTS) is 1. The van der Waals surface area contributed by atoms with Crippen LogP contribution in [0.2, 0.25) is 0 Å². The normalized spacial score (nSPS) is 30.8. The lowest BCUT2D eigenvalue weighted by molar-refractivity contribution is -0.284. The van der Waals surface area contributed by atoms with Gasteiger partial charge < -0.3 is 29.9 Å². The molecule has 188 valence electrons. The second-order valence-corrected chi connectivity index (χ2v) is 9.59. The zero-order chi connectivity index (χ0) is 25.6. The van der Waals surface area contributed by atoms with Crippen LogP contribution in [0.4, 0.5) is 0 Å². The van der Waals surface area contributed by atoms with Crippen LogP contribution in [0.3, 0.4) is 0 Å². The van der Waals surface area contributed by atoms with Crippen molar-refractivity contribution in [1.29, 1.82) is 0 Å². The van der Waals surface area contributed by atoms with Gasteiger partial charge in [0.2, 0.25) is 6.29 Å². The summed E-state index contributed by atoms with van der Waals surface area (Å²) in [6.45, 7) is 10.4. The molecule has 1 aliphatic carbocycles. The van der Waals surface area contributed by atoms with Gasteiger partial charge in [-0.25, -0.2) is 9.59 Å². The van der Waals surface area contributed by atoms with E-state index in [1.54, 1.807) is 19.1 Å². The van der Waals surface area contributed by atoms with E-state index < -0.39 is 42.6 Å². The molecule has 1 heterocycles. The van der Waals surface area contributed by atoms with Crippen molar-refractivity contribution in [3.8, 4) is 0 Å². The van der Waals surface area contributed by atoms with Crippen molar-refractivity contribution in [3.63, 3.8) is 0 Å². The Bertz CT molecular complexity index is 921. The Morgan fingerprint density at radius 1 is 1.06 bits per heavy atom. The number of ether oxygens (including phenoxy) is 2. The Morgan fingerprint density at radius 3 is 2.35 bits per heavy atom. The molecule has 1 fully saturated rings. The Morgan fingerprint density at radius 2 is 1.74 bits per heavy atom. The average molecular weight is 477 g/mol. The molecule has 2 aliphatic rings. The van der Waals surface area contributed by atoms with E-state index in [2.05, 4.69) is 32.9 Å². The summed E-state index contributed by atoms with van der Waals surface area (Å²) in [4.78, 5) is 23.3. The highest BCUT2D eigenvalue weighted by molar-refractivity contribution is 5.83. The first kappa shape index (κ1) is 27.7. The lowest BCUT2D eigenvalue weighted by Gasteiger charge is -2.37. The highest BCUT2D eigenvalue weighted by Gasteiger charge is 2.48. The summed E-state index contributed by atoms with van der Waals surface area (Å²) in [6, 6.07) is 0. The molecule has 2 rings (SSSR count). The van der Waals surface area contributed by atoms with Crippen LogP contribution in [0.1, 0.15) is 53.9 Å². The second kappa shape index (κ2) is 11.8. The predicted molar refractivity (Wildman–Crippen MR) is 127 cm³/mol. The predicted octanol–water partition coefficient (Wildman–Crippen LogP) is 2.95. The van der Waals surface area contributed by atoms with Crippen LogP contribution in [-0.4, -0.2) is 63.1 Å². The van der Waals surface area contributed by atoms with Crippen LogP contribution in [0.15, 0.2) is 58.7 Å². The van der Waals surface area contributed by atoms with Gasteiger partial charge in [0.25, 0.3) is 0 Å². The Labute approximate surface area is 200 Å². The first-order chi connectivity index (χ1) is 15.8. The maximum absolute atomic E-state index is 12.2. The van der Waals surface area contributed by atoms with Crippen LogP contribution < -0.4 is 0 Å². The van der Waals surface area contributed by atoms with Crippen molar-refractivity contribution in [2.45, 2.75) is 84.6 Å². The molecule has 0 aromatic heterocycles. The molecule has 8 heteroatoms. The number of hydrogen-bond acceptors (Lipinski definition) is 7. The first-order valence-electron chi connectivity index (χ1n) is 11.4. The summed E-state index contributed by atoms with van der Waals surface area (Å²) in [6.07, 6.45) is 5.29. The number of esters is 1. The van der Waals surface area contributed by atoms with Crippen molar-refractivity contribution < 1.29 is 39.5 Å². The number of hydrogen-bond donors (Lipinski definition) is 4. The number of allylic oxidation sites excluding steroid dienone is 9. The van der Waals surface area contributed by atoms with Crippen LogP contribution in [0.25, 0.3) is 0 Å². The summed E-state index contributed by atoms with van der Waals surface area (Å²) in [7, 11) is 0. The summed E-state index contributed by atoms with van der Waals surface area (Å²) in [5.41, 5.74) is 4.56.